The number of tetrazole rings is 1. The van der Waals surface area contributed by atoms with Crippen molar-refractivity contribution in [3.63, 3.8) is 0 Å². The number of hydrogen-bond donors (Lipinski definition) is 2. The topological polar surface area (TPSA) is 145 Å². The maximum atomic E-state index is 12.7. The van der Waals surface area contributed by atoms with Crippen LogP contribution in [0.25, 0.3) is 11.3 Å². The zero-order valence-electron chi connectivity index (χ0n) is 17.2. The number of nitro groups is 1. The highest BCUT2D eigenvalue weighted by Crippen LogP contribution is 2.41. The van der Waals surface area contributed by atoms with E-state index in [2.05, 4.69) is 44.9 Å². The van der Waals surface area contributed by atoms with E-state index in [4.69, 9.17) is 0 Å². The van der Waals surface area contributed by atoms with Crippen LogP contribution in [0.5, 0.6) is 0 Å². The Morgan fingerprint density at radius 2 is 1.94 bits per heavy atom. The Hall–Kier alpha value is -4.41. The summed E-state index contributed by atoms with van der Waals surface area (Å²) in [6.07, 6.45) is 0. The van der Waals surface area contributed by atoms with E-state index < -0.39 is 16.5 Å². The zero-order valence-corrected chi connectivity index (χ0v) is 17.2. The maximum absolute atomic E-state index is 12.7. The second-order valence-corrected chi connectivity index (χ2v) is 7.79. The number of H-pyrrole nitrogens is 1. The summed E-state index contributed by atoms with van der Waals surface area (Å²) >= 11 is 0. The second-order valence-electron chi connectivity index (χ2n) is 7.79. The molecule has 1 atom stereocenters. The van der Waals surface area contributed by atoms with Gasteiger partial charge in [-0.3, -0.25) is 14.9 Å². The average molecular weight is 430 g/mol. The molecule has 0 saturated carbocycles. The molecule has 160 valence electrons. The van der Waals surface area contributed by atoms with Crippen molar-refractivity contribution in [3.05, 3.63) is 85.7 Å². The lowest BCUT2D eigenvalue weighted by Crippen LogP contribution is -2.29. The highest BCUT2D eigenvalue weighted by molar-refractivity contribution is 5.76. The number of anilines is 2. The summed E-state index contributed by atoms with van der Waals surface area (Å²) in [5, 5.41) is 32.9. The molecular weight excluding hydrogens is 412 g/mol. The van der Waals surface area contributed by atoms with Crippen LogP contribution in [0.1, 0.15) is 42.5 Å². The van der Waals surface area contributed by atoms with Gasteiger partial charge in [0, 0.05) is 23.3 Å². The van der Waals surface area contributed by atoms with Gasteiger partial charge < -0.3 is 5.32 Å². The third kappa shape index (κ3) is 3.11. The molecule has 0 amide bonds. The second kappa shape index (κ2) is 7.38. The third-order valence-corrected chi connectivity index (χ3v) is 5.52. The summed E-state index contributed by atoms with van der Waals surface area (Å²) in [4.78, 5) is 23.6. The van der Waals surface area contributed by atoms with E-state index in [9.17, 15) is 14.9 Å². The van der Waals surface area contributed by atoms with Crippen LogP contribution in [0.3, 0.4) is 0 Å². The van der Waals surface area contributed by atoms with Gasteiger partial charge >= 0.3 is 0 Å². The molecule has 1 aliphatic rings. The molecule has 4 aromatic rings. The minimum atomic E-state index is -0.554. The quantitative estimate of drug-likeness (QED) is 0.327. The number of fused-ring (bicyclic) bond motifs is 2. The van der Waals surface area contributed by atoms with E-state index in [1.165, 1.54) is 17.7 Å². The first kappa shape index (κ1) is 19.5. The van der Waals surface area contributed by atoms with Crippen LogP contribution in [0, 0.1) is 10.1 Å². The molecule has 0 fully saturated rings. The van der Waals surface area contributed by atoms with Crippen LogP contribution in [-0.2, 0) is 0 Å². The minimum absolute atomic E-state index is 0.0750. The Bertz CT molecular complexity index is 1390. The predicted octanol–water partition coefficient (Wildman–Crippen LogP) is 3.15. The van der Waals surface area contributed by atoms with E-state index in [0.29, 0.717) is 28.7 Å². The zero-order chi connectivity index (χ0) is 22.4. The third-order valence-electron chi connectivity index (χ3n) is 5.52. The molecule has 11 heteroatoms. The van der Waals surface area contributed by atoms with Crippen molar-refractivity contribution in [2.75, 3.05) is 5.32 Å². The number of nitro benzene ring substituents is 1. The SMILES string of the molecule is CC(C)c1ccc([C@H]2c3c(-c4cccc([N+](=O)[O-])c4)n[nH]c(=O)c3Nc3nnnn32)cc1. The largest absolute Gasteiger partial charge is 0.318 e. The Kier molecular flexibility index (Phi) is 4.51. The fraction of sp³-hybridized carbons (Fsp3) is 0.190. The monoisotopic (exact) mass is 430 g/mol. The summed E-state index contributed by atoms with van der Waals surface area (Å²) < 4.78 is 1.58. The highest BCUT2D eigenvalue weighted by atomic mass is 16.6. The molecule has 2 aromatic carbocycles. The molecule has 2 N–H and O–H groups in total. The van der Waals surface area contributed by atoms with Crippen LogP contribution in [-0.4, -0.2) is 35.3 Å². The van der Waals surface area contributed by atoms with Crippen LogP contribution in [0.15, 0.2) is 53.3 Å². The summed E-state index contributed by atoms with van der Waals surface area (Å²) in [7, 11) is 0. The van der Waals surface area contributed by atoms with E-state index in [-0.39, 0.29) is 11.4 Å². The molecule has 3 heterocycles. The fourth-order valence-electron chi connectivity index (χ4n) is 3.90. The summed E-state index contributed by atoms with van der Waals surface area (Å²) in [5.41, 5.74) is 3.19. The molecule has 0 radical (unpaired) electrons. The first-order chi connectivity index (χ1) is 15.4. The van der Waals surface area contributed by atoms with Gasteiger partial charge in [0.25, 0.3) is 11.2 Å². The van der Waals surface area contributed by atoms with Crippen LogP contribution < -0.4 is 10.9 Å². The predicted molar refractivity (Wildman–Crippen MR) is 116 cm³/mol. The highest BCUT2D eigenvalue weighted by Gasteiger charge is 2.34. The van der Waals surface area contributed by atoms with Gasteiger partial charge in [0.2, 0.25) is 5.95 Å². The lowest BCUT2D eigenvalue weighted by molar-refractivity contribution is -0.384. The van der Waals surface area contributed by atoms with Gasteiger partial charge in [0.05, 0.1) is 10.6 Å². The van der Waals surface area contributed by atoms with Crippen LogP contribution >= 0.6 is 0 Å². The van der Waals surface area contributed by atoms with Crippen molar-refractivity contribution in [1.82, 2.24) is 30.4 Å². The number of benzene rings is 2. The van der Waals surface area contributed by atoms with Gasteiger partial charge in [-0.1, -0.05) is 55.3 Å². The number of hydrogen-bond acceptors (Lipinski definition) is 8. The Balaban J connectivity index is 1.76. The first-order valence-electron chi connectivity index (χ1n) is 9.96. The van der Waals surface area contributed by atoms with Crippen LogP contribution in [0.4, 0.5) is 17.3 Å². The van der Waals surface area contributed by atoms with E-state index in [0.717, 1.165) is 5.56 Å². The van der Waals surface area contributed by atoms with Crippen molar-refractivity contribution in [2.24, 2.45) is 0 Å². The lowest BCUT2D eigenvalue weighted by atomic mass is 9.91. The fourth-order valence-corrected chi connectivity index (χ4v) is 3.90. The average Bonchev–Trinajstić information content (AvgIpc) is 3.27. The molecule has 0 spiro atoms. The number of rotatable bonds is 4. The summed E-state index contributed by atoms with van der Waals surface area (Å²) in [6, 6.07) is 13.6. The van der Waals surface area contributed by atoms with Crippen molar-refractivity contribution in [3.8, 4) is 11.3 Å². The van der Waals surface area contributed by atoms with Crippen molar-refractivity contribution in [1.29, 1.82) is 0 Å². The van der Waals surface area contributed by atoms with Crippen molar-refractivity contribution < 1.29 is 4.92 Å². The van der Waals surface area contributed by atoms with Gasteiger partial charge in [-0.05, 0) is 27.5 Å². The Labute approximate surface area is 181 Å². The Morgan fingerprint density at radius 3 is 2.66 bits per heavy atom. The van der Waals surface area contributed by atoms with Gasteiger partial charge in [0.1, 0.15) is 11.7 Å². The molecular formula is C21H18N8O3. The number of nitrogens with zero attached hydrogens (tertiary/aromatic N) is 6. The van der Waals surface area contributed by atoms with Crippen molar-refractivity contribution >= 4 is 17.3 Å². The minimum Gasteiger partial charge on any atom is -0.318 e. The first-order valence-corrected chi connectivity index (χ1v) is 9.96. The van der Waals surface area contributed by atoms with Gasteiger partial charge in [-0.2, -0.15) is 9.78 Å². The molecule has 0 unspecified atom stereocenters. The number of nitrogens with one attached hydrogen (secondary N) is 2. The number of aromatic nitrogens is 6. The molecule has 11 nitrogen and oxygen atoms in total. The van der Waals surface area contributed by atoms with Crippen molar-refractivity contribution in [2.45, 2.75) is 25.8 Å². The standard InChI is InChI=1S/C21H18N8O3/c1-11(2)12-6-8-13(9-7-12)19-16-17(14-4-3-5-15(10-14)29(31)32)23-24-20(30)18(16)22-21-25-26-27-28(19)21/h3-11,19H,1-2H3,(H,24,30)(H,22,25,27)/t19-/m0/s1. The molecule has 0 saturated heterocycles. The molecule has 5 rings (SSSR count). The molecule has 2 aromatic heterocycles. The molecule has 1 aliphatic heterocycles. The van der Waals surface area contributed by atoms with Gasteiger partial charge in [0.15, 0.2) is 0 Å². The molecule has 32 heavy (non-hydrogen) atoms. The lowest BCUT2D eigenvalue weighted by Gasteiger charge is -2.28. The van der Waals surface area contributed by atoms with E-state index >= 15 is 0 Å². The molecule has 0 bridgehead atoms. The normalized spacial score (nSPS) is 14.5. The van der Waals surface area contributed by atoms with E-state index in [1.54, 1.807) is 16.8 Å². The summed E-state index contributed by atoms with van der Waals surface area (Å²) in [5.74, 6) is 0.676. The van der Waals surface area contributed by atoms with Gasteiger partial charge in [-0.15, -0.1) is 0 Å². The summed E-state index contributed by atoms with van der Waals surface area (Å²) in [6.45, 7) is 4.22. The van der Waals surface area contributed by atoms with Crippen LogP contribution in [0.2, 0.25) is 0 Å². The number of aromatic amines is 1. The molecule has 0 aliphatic carbocycles. The number of non-ortho nitro benzene ring substituents is 1. The van der Waals surface area contributed by atoms with Gasteiger partial charge in [-0.25, -0.2) is 5.10 Å². The van der Waals surface area contributed by atoms with E-state index in [1.807, 2.05) is 24.3 Å². The Morgan fingerprint density at radius 1 is 1.16 bits per heavy atom. The smallest absolute Gasteiger partial charge is 0.288 e. The maximum Gasteiger partial charge on any atom is 0.288 e.